The Morgan fingerprint density at radius 3 is 2.81 bits per heavy atom. The fraction of sp³-hybridized carbons (Fsp3) is 0.130. The van der Waals surface area contributed by atoms with E-state index in [-0.39, 0.29) is 5.91 Å². The van der Waals surface area contributed by atoms with Crippen LogP contribution in [0.2, 0.25) is 0 Å². The predicted octanol–water partition coefficient (Wildman–Crippen LogP) is 3.67. The lowest BCUT2D eigenvalue weighted by Crippen LogP contribution is -2.27. The number of carbonyl (C=O) groups excluding carboxylic acids is 1. The lowest BCUT2D eigenvalue weighted by Gasteiger charge is -2.11. The second kappa shape index (κ2) is 7.66. The van der Waals surface area contributed by atoms with Gasteiger partial charge in [-0.3, -0.25) is 19.9 Å². The molecule has 1 amide bonds. The van der Waals surface area contributed by atoms with Crippen LogP contribution in [-0.2, 0) is 4.79 Å². The molecule has 0 bridgehead atoms. The molecule has 4 heterocycles. The Hall–Kier alpha value is -4.04. The number of benzene rings is 1. The fourth-order valence-electron chi connectivity index (χ4n) is 3.64. The Labute approximate surface area is 178 Å². The summed E-state index contributed by atoms with van der Waals surface area (Å²) in [5.74, 6) is -0.0797. The van der Waals surface area contributed by atoms with E-state index >= 15 is 0 Å². The van der Waals surface area contributed by atoms with Gasteiger partial charge < -0.3 is 15.2 Å². The van der Waals surface area contributed by atoms with Crippen LogP contribution in [0, 0.1) is 0 Å². The van der Waals surface area contributed by atoms with Crippen molar-refractivity contribution in [1.82, 2.24) is 30.0 Å². The standard InChI is InChI=1S/C23H21N7O/c1-30(2)13-22(31)26-16-8-15(11-24-12-16)14-5-6-18-17(9-14)23(29-28-18)21-10-20-19(27-21)4-3-7-25-20/h3-12,27H,13H2,1-2H3,(H,26,31)(H,28,29). The molecule has 4 aromatic heterocycles. The Kier molecular flexibility index (Phi) is 4.68. The Balaban J connectivity index is 1.51. The van der Waals surface area contributed by atoms with E-state index in [0.29, 0.717) is 12.2 Å². The van der Waals surface area contributed by atoms with Gasteiger partial charge in [0, 0.05) is 23.3 Å². The quantitative estimate of drug-likeness (QED) is 0.410. The average molecular weight is 411 g/mol. The normalized spacial score (nSPS) is 11.5. The topological polar surface area (TPSA) is 103 Å². The molecule has 5 rings (SSSR count). The first-order valence-corrected chi connectivity index (χ1v) is 9.89. The van der Waals surface area contributed by atoms with E-state index in [1.807, 2.05) is 55.4 Å². The maximum atomic E-state index is 12.1. The highest BCUT2D eigenvalue weighted by molar-refractivity contribution is 5.97. The van der Waals surface area contributed by atoms with Crippen molar-refractivity contribution in [3.05, 3.63) is 61.1 Å². The number of hydrogen-bond acceptors (Lipinski definition) is 5. The molecule has 3 N–H and O–H groups in total. The summed E-state index contributed by atoms with van der Waals surface area (Å²) in [7, 11) is 3.71. The second-order valence-electron chi connectivity index (χ2n) is 7.70. The van der Waals surface area contributed by atoms with E-state index in [4.69, 9.17) is 0 Å². The maximum Gasteiger partial charge on any atom is 0.238 e. The van der Waals surface area contributed by atoms with Crippen LogP contribution in [0.3, 0.4) is 0 Å². The zero-order valence-electron chi connectivity index (χ0n) is 17.2. The van der Waals surface area contributed by atoms with Gasteiger partial charge in [0.2, 0.25) is 5.91 Å². The van der Waals surface area contributed by atoms with Gasteiger partial charge in [-0.1, -0.05) is 6.07 Å². The third kappa shape index (κ3) is 3.76. The van der Waals surface area contributed by atoms with Crippen molar-refractivity contribution in [3.63, 3.8) is 0 Å². The molecular formula is C23H21N7O. The van der Waals surface area contributed by atoms with Gasteiger partial charge in [-0.25, -0.2) is 0 Å². The highest BCUT2D eigenvalue weighted by Crippen LogP contribution is 2.31. The zero-order valence-corrected chi connectivity index (χ0v) is 17.2. The molecule has 31 heavy (non-hydrogen) atoms. The summed E-state index contributed by atoms with van der Waals surface area (Å²) in [6, 6.07) is 13.9. The Morgan fingerprint density at radius 2 is 1.97 bits per heavy atom. The highest BCUT2D eigenvalue weighted by atomic mass is 16.2. The number of aromatic amines is 2. The number of nitrogens with zero attached hydrogens (tertiary/aromatic N) is 4. The summed E-state index contributed by atoms with van der Waals surface area (Å²) in [5, 5.41) is 11.5. The SMILES string of the molecule is CN(C)CC(=O)Nc1cncc(-c2ccc3[nH]nc(-c4cc5ncccc5[nH]4)c3c2)c1. The van der Waals surface area contributed by atoms with Gasteiger partial charge in [-0.2, -0.15) is 5.10 Å². The van der Waals surface area contributed by atoms with Gasteiger partial charge in [0.1, 0.15) is 5.69 Å². The van der Waals surface area contributed by atoms with Crippen LogP contribution in [0.15, 0.2) is 61.1 Å². The molecule has 0 aliphatic carbocycles. The summed E-state index contributed by atoms with van der Waals surface area (Å²) in [5.41, 5.74) is 7.10. The van der Waals surface area contributed by atoms with Crippen LogP contribution in [0.5, 0.6) is 0 Å². The van der Waals surface area contributed by atoms with Gasteiger partial charge >= 0.3 is 0 Å². The van der Waals surface area contributed by atoms with Crippen LogP contribution in [0.1, 0.15) is 0 Å². The van der Waals surface area contributed by atoms with Crippen molar-refractivity contribution >= 4 is 33.5 Å². The number of rotatable bonds is 5. The number of H-pyrrole nitrogens is 2. The molecule has 0 aliphatic rings. The number of likely N-dealkylation sites (N-methyl/N-ethyl adjacent to an activating group) is 1. The molecular weight excluding hydrogens is 390 g/mol. The molecule has 154 valence electrons. The first kappa shape index (κ1) is 19.0. The number of hydrogen-bond donors (Lipinski definition) is 3. The van der Waals surface area contributed by atoms with E-state index in [0.717, 1.165) is 44.5 Å². The molecule has 0 saturated carbocycles. The number of aromatic nitrogens is 5. The Morgan fingerprint density at radius 1 is 1.06 bits per heavy atom. The molecule has 0 saturated heterocycles. The summed E-state index contributed by atoms with van der Waals surface area (Å²) in [4.78, 5) is 26.0. The number of anilines is 1. The first-order valence-electron chi connectivity index (χ1n) is 9.89. The molecule has 8 heteroatoms. The van der Waals surface area contributed by atoms with E-state index < -0.39 is 0 Å². The first-order chi connectivity index (χ1) is 15.1. The number of amides is 1. The predicted molar refractivity (Wildman–Crippen MR) is 122 cm³/mol. The summed E-state index contributed by atoms with van der Waals surface area (Å²) >= 11 is 0. The van der Waals surface area contributed by atoms with Gasteiger partial charge in [0.15, 0.2) is 0 Å². The van der Waals surface area contributed by atoms with Gasteiger partial charge in [0.05, 0.1) is 40.7 Å². The monoisotopic (exact) mass is 411 g/mol. The van der Waals surface area contributed by atoms with E-state index in [9.17, 15) is 4.79 Å². The molecule has 8 nitrogen and oxygen atoms in total. The molecule has 0 atom stereocenters. The fourth-order valence-corrected chi connectivity index (χ4v) is 3.64. The van der Waals surface area contributed by atoms with Crippen LogP contribution >= 0.6 is 0 Å². The van der Waals surface area contributed by atoms with Gasteiger partial charge in [-0.15, -0.1) is 0 Å². The minimum atomic E-state index is -0.0797. The van der Waals surface area contributed by atoms with Crippen molar-refractivity contribution in [2.75, 3.05) is 26.0 Å². The smallest absolute Gasteiger partial charge is 0.238 e. The Bertz CT molecular complexity index is 1370. The van der Waals surface area contributed by atoms with Gasteiger partial charge in [0.25, 0.3) is 0 Å². The zero-order chi connectivity index (χ0) is 21.4. The summed E-state index contributed by atoms with van der Waals surface area (Å²) in [6.07, 6.45) is 5.21. The number of carbonyl (C=O) groups is 1. The number of fused-ring (bicyclic) bond motifs is 2. The third-order valence-electron chi connectivity index (χ3n) is 5.02. The second-order valence-corrected chi connectivity index (χ2v) is 7.70. The van der Waals surface area contributed by atoms with Gasteiger partial charge in [-0.05, 0) is 56.1 Å². The number of pyridine rings is 2. The lowest BCUT2D eigenvalue weighted by atomic mass is 10.0. The highest BCUT2D eigenvalue weighted by Gasteiger charge is 2.13. The third-order valence-corrected chi connectivity index (χ3v) is 5.02. The van der Waals surface area contributed by atoms with E-state index in [2.05, 4.69) is 36.5 Å². The molecule has 0 unspecified atom stereocenters. The molecule has 5 aromatic rings. The van der Waals surface area contributed by atoms with E-state index in [1.54, 1.807) is 18.6 Å². The van der Waals surface area contributed by atoms with Crippen LogP contribution < -0.4 is 5.32 Å². The lowest BCUT2D eigenvalue weighted by molar-refractivity contribution is -0.116. The van der Waals surface area contributed by atoms with Crippen LogP contribution in [-0.4, -0.2) is 56.6 Å². The van der Waals surface area contributed by atoms with Crippen molar-refractivity contribution < 1.29 is 4.79 Å². The molecule has 0 aliphatic heterocycles. The average Bonchev–Trinajstić information content (AvgIpc) is 3.36. The molecule has 0 fully saturated rings. The minimum absolute atomic E-state index is 0.0797. The number of nitrogens with one attached hydrogen (secondary N) is 3. The van der Waals surface area contributed by atoms with Crippen LogP contribution in [0.4, 0.5) is 5.69 Å². The molecule has 1 aromatic carbocycles. The van der Waals surface area contributed by atoms with Crippen molar-refractivity contribution in [2.45, 2.75) is 0 Å². The van der Waals surface area contributed by atoms with Crippen molar-refractivity contribution in [2.24, 2.45) is 0 Å². The van der Waals surface area contributed by atoms with E-state index in [1.165, 1.54) is 0 Å². The van der Waals surface area contributed by atoms with Crippen molar-refractivity contribution in [3.8, 4) is 22.5 Å². The maximum absolute atomic E-state index is 12.1. The molecule has 0 radical (unpaired) electrons. The summed E-state index contributed by atoms with van der Waals surface area (Å²) < 4.78 is 0. The van der Waals surface area contributed by atoms with Crippen LogP contribution in [0.25, 0.3) is 44.5 Å². The molecule has 0 spiro atoms. The minimum Gasteiger partial charge on any atom is -0.352 e. The van der Waals surface area contributed by atoms with Crippen molar-refractivity contribution in [1.29, 1.82) is 0 Å². The largest absolute Gasteiger partial charge is 0.352 e. The summed E-state index contributed by atoms with van der Waals surface area (Å²) in [6.45, 7) is 0.313.